The third-order valence-electron chi connectivity index (χ3n) is 4.75. The van der Waals surface area contributed by atoms with Crippen molar-refractivity contribution < 1.29 is 13.4 Å². The monoisotopic (exact) mass is 492 g/mol. The number of aromatic nitrogens is 2. The molecule has 0 spiro atoms. The number of carbonyl (C=O) groups excluding carboxylic acids is 1. The van der Waals surface area contributed by atoms with Crippen molar-refractivity contribution in [3.63, 3.8) is 0 Å². The number of halogens is 2. The molecule has 1 unspecified atom stereocenters. The van der Waals surface area contributed by atoms with Crippen LogP contribution >= 0.6 is 11.6 Å². The summed E-state index contributed by atoms with van der Waals surface area (Å²) in [6, 6.07) is 12.9. The molecule has 0 aliphatic heterocycles. The van der Waals surface area contributed by atoms with Gasteiger partial charge in [0.05, 0.1) is 23.6 Å². The van der Waals surface area contributed by atoms with Gasteiger partial charge in [-0.05, 0) is 36.4 Å². The van der Waals surface area contributed by atoms with Gasteiger partial charge < -0.3 is 10.6 Å². The summed E-state index contributed by atoms with van der Waals surface area (Å²) >= 11 is 4.40. The molecule has 11 heteroatoms. The standard InChI is InChI=1S/C22H26ClFN6O2S/c1-22(2,3)20-11-18(30(29-20)17-6-4-5-15(23)9-17)13-26-21(31)28-16-8-7-14(19(24)10-16)12-27-33(25)32/h4-11,27H,12-13,25H2,1-3H3,(H2,26,28,31). The molecule has 8 nitrogen and oxygen atoms in total. The maximum atomic E-state index is 14.2. The summed E-state index contributed by atoms with van der Waals surface area (Å²) in [4.78, 5) is 12.4. The van der Waals surface area contributed by atoms with Crippen LogP contribution in [0, 0.1) is 5.82 Å². The van der Waals surface area contributed by atoms with E-state index in [2.05, 4.69) is 36.1 Å². The van der Waals surface area contributed by atoms with Crippen LogP contribution in [0.4, 0.5) is 14.9 Å². The van der Waals surface area contributed by atoms with Crippen molar-refractivity contribution in [2.45, 2.75) is 39.3 Å². The Morgan fingerprint density at radius 1 is 1.18 bits per heavy atom. The van der Waals surface area contributed by atoms with Gasteiger partial charge in [0.2, 0.25) is 0 Å². The SMILES string of the molecule is CC(C)(C)c1cc(CNC(=O)Nc2ccc(CNS(N)=O)c(F)c2)n(-c2cccc(Cl)c2)n1. The zero-order chi connectivity index (χ0) is 24.2. The first-order chi connectivity index (χ1) is 15.5. The second-order valence-corrected chi connectivity index (χ2v) is 9.71. The Bertz CT molecular complexity index is 1180. The molecule has 1 aromatic heterocycles. The molecule has 0 saturated heterocycles. The van der Waals surface area contributed by atoms with Gasteiger partial charge in [-0.1, -0.05) is 44.5 Å². The lowest BCUT2D eigenvalue weighted by Crippen LogP contribution is -2.29. The zero-order valence-corrected chi connectivity index (χ0v) is 20.1. The lowest BCUT2D eigenvalue weighted by molar-refractivity contribution is 0.251. The topological polar surface area (TPSA) is 114 Å². The number of amides is 2. The van der Waals surface area contributed by atoms with Gasteiger partial charge in [0.1, 0.15) is 5.82 Å². The first-order valence-electron chi connectivity index (χ1n) is 10.1. The van der Waals surface area contributed by atoms with E-state index in [0.717, 1.165) is 17.1 Å². The lowest BCUT2D eigenvalue weighted by atomic mass is 9.92. The Hall–Kier alpha value is -2.79. The molecule has 0 aliphatic rings. The molecule has 2 aromatic carbocycles. The van der Waals surface area contributed by atoms with E-state index >= 15 is 0 Å². The Balaban J connectivity index is 1.71. The minimum atomic E-state index is -1.74. The highest BCUT2D eigenvalue weighted by Gasteiger charge is 2.21. The predicted octanol–water partition coefficient (Wildman–Crippen LogP) is 3.91. The van der Waals surface area contributed by atoms with E-state index in [1.54, 1.807) is 22.9 Å². The van der Waals surface area contributed by atoms with Crippen LogP contribution in [0.2, 0.25) is 5.02 Å². The molecule has 0 bridgehead atoms. The number of rotatable bonds is 7. The summed E-state index contributed by atoms with van der Waals surface area (Å²) in [6.45, 7) is 6.36. The first-order valence-corrected chi connectivity index (χ1v) is 11.7. The van der Waals surface area contributed by atoms with Gasteiger partial charge in [0.15, 0.2) is 11.2 Å². The minimum Gasteiger partial charge on any atom is -0.332 e. The highest BCUT2D eigenvalue weighted by molar-refractivity contribution is 7.80. The number of nitrogens with zero attached hydrogens (tertiary/aromatic N) is 2. The third kappa shape index (κ3) is 6.84. The third-order valence-corrected chi connectivity index (χ3v) is 5.41. The van der Waals surface area contributed by atoms with E-state index < -0.39 is 23.0 Å². The van der Waals surface area contributed by atoms with Crippen LogP contribution < -0.4 is 20.5 Å². The fourth-order valence-corrected chi connectivity index (χ4v) is 3.49. The molecule has 33 heavy (non-hydrogen) atoms. The minimum absolute atomic E-state index is 0.00498. The second-order valence-electron chi connectivity index (χ2n) is 8.39. The summed E-state index contributed by atoms with van der Waals surface area (Å²) in [7, 11) is 0. The maximum absolute atomic E-state index is 14.2. The van der Waals surface area contributed by atoms with E-state index in [1.807, 2.05) is 18.2 Å². The van der Waals surface area contributed by atoms with Gasteiger partial charge in [0, 0.05) is 28.2 Å². The van der Waals surface area contributed by atoms with Crippen molar-refractivity contribution in [3.05, 3.63) is 76.3 Å². The van der Waals surface area contributed by atoms with Gasteiger partial charge in [-0.15, -0.1) is 0 Å². The van der Waals surface area contributed by atoms with E-state index in [1.165, 1.54) is 12.1 Å². The number of hydrogen-bond donors (Lipinski definition) is 4. The fourth-order valence-electron chi connectivity index (χ4n) is 3.01. The molecular weight excluding hydrogens is 467 g/mol. The van der Waals surface area contributed by atoms with Gasteiger partial charge in [0.25, 0.3) is 0 Å². The molecule has 0 radical (unpaired) electrons. The summed E-state index contributed by atoms with van der Waals surface area (Å²) in [5.41, 5.74) is 2.77. The molecule has 1 atom stereocenters. The molecule has 0 saturated carbocycles. The molecule has 1 heterocycles. The number of anilines is 1. The average molecular weight is 493 g/mol. The Labute approximate surface area is 199 Å². The van der Waals surface area contributed by atoms with Crippen molar-refractivity contribution in [1.29, 1.82) is 0 Å². The van der Waals surface area contributed by atoms with Crippen molar-refractivity contribution in [2.75, 3.05) is 5.32 Å². The van der Waals surface area contributed by atoms with Crippen LogP contribution in [-0.4, -0.2) is 20.0 Å². The smallest absolute Gasteiger partial charge is 0.319 e. The van der Waals surface area contributed by atoms with E-state index in [0.29, 0.717) is 5.02 Å². The van der Waals surface area contributed by atoms with Crippen molar-refractivity contribution in [1.82, 2.24) is 19.8 Å². The highest BCUT2D eigenvalue weighted by Crippen LogP contribution is 2.25. The first kappa shape index (κ1) is 24.8. The number of hydrogen-bond acceptors (Lipinski definition) is 3. The highest BCUT2D eigenvalue weighted by atomic mass is 35.5. The Morgan fingerprint density at radius 2 is 1.94 bits per heavy atom. The second kappa shape index (κ2) is 10.4. The van der Waals surface area contributed by atoms with E-state index in [9.17, 15) is 13.4 Å². The Kier molecular flexibility index (Phi) is 7.85. The van der Waals surface area contributed by atoms with Crippen LogP contribution in [0.5, 0.6) is 0 Å². The number of carbonyl (C=O) groups is 1. The molecule has 0 fully saturated rings. The molecule has 3 rings (SSSR count). The summed E-state index contributed by atoms with van der Waals surface area (Å²) < 4.78 is 29.3. The maximum Gasteiger partial charge on any atom is 0.319 e. The number of nitrogens with one attached hydrogen (secondary N) is 3. The summed E-state index contributed by atoms with van der Waals surface area (Å²) in [5, 5.41) is 15.8. The van der Waals surface area contributed by atoms with Crippen LogP contribution in [-0.2, 0) is 29.7 Å². The lowest BCUT2D eigenvalue weighted by Gasteiger charge is -2.14. The average Bonchev–Trinajstić information content (AvgIpc) is 3.16. The van der Waals surface area contributed by atoms with E-state index in [4.69, 9.17) is 21.8 Å². The van der Waals surface area contributed by atoms with Gasteiger partial charge in [-0.3, -0.25) is 0 Å². The van der Waals surface area contributed by atoms with Crippen LogP contribution in [0.15, 0.2) is 48.5 Å². The van der Waals surface area contributed by atoms with Gasteiger partial charge in [-0.25, -0.2) is 27.9 Å². The normalized spacial score (nSPS) is 12.4. The van der Waals surface area contributed by atoms with Crippen LogP contribution in [0.25, 0.3) is 5.69 Å². The number of benzene rings is 2. The fraction of sp³-hybridized carbons (Fsp3) is 0.273. The molecule has 5 N–H and O–H groups in total. The molecule has 0 aliphatic carbocycles. The van der Waals surface area contributed by atoms with Crippen molar-refractivity contribution >= 4 is 34.5 Å². The van der Waals surface area contributed by atoms with Crippen LogP contribution in [0.3, 0.4) is 0 Å². The van der Waals surface area contributed by atoms with Gasteiger partial charge in [-0.2, -0.15) is 5.10 Å². The van der Waals surface area contributed by atoms with E-state index in [-0.39, 0.29) is 29.8 Å². The predicted molar refractivity (Wildman–Crippen MR) is 129 cm³/mol. The molecule has 2 amide bonds. The molecule has 176 valence electrons. The summed E-state index contributed by atoms with van der Waals surface area (Å²) in [6.07, 6.45) is 0. The number of urea groups is 1. The Morgan fingerprint density at radius 3 is 2.58 bits per heavy atom. The number of nitrogens with two attached hydrogens (primary N) is 1. The summed E-state index contributed by atoms with van der Waals surface area (Å²) in [5.74, 6) is -0.556. The van der Waals surface area contributed by atoms with Crippen LogP contribution in [0.1, 0.15) is 37.7 Å². The van der Waals surface area contributed by atoms with Crippen molar-refractivity contribution in [3.8, 4) is 5.69 Å². The largest absolute Gasteiger partial charge is 0.332 e. The molecular formula is C22H26ClFN6O2S. The molecule has 3 aromatic rings. The van der Waals surface area contributed by atoms with Gasteiger partial charge >= 0.3 is 6.03 Å². The quantitative estimate of drug-likeness (QED) is 0.401. The zero-order valence-electron chi connectivity index (χ0n) is 18.5. The van der Waals surface area contributed by atoms with Crippen molar-refractivity contribution in [2.24, 2.45) is 5.14 Å².